The van der Waals surface area contributed by atoms with Gasteiger partial charge in [-0.05, 0) is 37.8 Å². The van der Waals surface area contributed by atoms with Gasteiger partial charge in [0.15, 0.2) is 0 Å². The summed E-state index contributed by atoms with van der Waals surface area (Å²) in [5.41, 5.74) is 22.6. The van der Waals surface area contributed by atoms with Gasteiger partial charge < -0.3 is 33.6 Å². The van der Waals surface area contributed by atoms with Crippen molar-refractivity contribution in [2.45, 2.75) is 50.2 Å². The number of nitrogens with one attached hydrogen (secondary N) is 2. The molecule has 160 valence electrons. The van der Waals surface area contributed by atoms with E-state index in [1.165, 1.54) is 0 Å². The van der Waals surface area contributed by atoms with Crippen molar-refractivity contribution in [1.29, 1.82) is 0 Å². The second-order valence-corrected chi connectivity index (χ2v) is 6.78. The van der Waals surface area contributed by atoms with Crippen LogP contribution in [-0.4, -0.2) is 48.3 Å². The first-order valence-electron chi connectivity index (χ1n) is 9.42. The highest BCUT2D eigenvalue weighted by atomic mass is 16.2. The van der Waals surface area contributed by atoms with E-state index in [2.05, 4.69) is 10.6 Å². The maximum Gasteiger partial charge on any atom is 0.243 e. The Bertz CT molecular complexity index is 697. The summed E-state index contributed by atoms with van der Waals surface area (Å²) >= 11 is 0. The predicted octanol–water partition coefficient (Wildman–Crippen LogP) is -1.98. The lowest BCUT2D eigenvalue weighted by Crippen LogP contribution is -2.56. The minimum Gasteiger partial charge on any atom is -0.370 e. The Kier molecular flexibility index (Phi) is 10.3. The molecule has 0 unspecified atom stereocenters. The van der Waals surface area contributed by atoms with E-state index in [9.17, 15) is 19.2 Å². The molecule has 0 spiro atoms. The monoisotopic (exact) mass is 406 g/mol. The van der Waals surface area contributed by atoms with Crippen LogP contribution in [0.5, 0.6) is 0 Å². The molecular formula is C19H30N6O4. The van der Waals surface area contributed by atoms with Gasteiger partial charge in [0.2, 0.25) is 23.6 Å². The molecule has 10 N–H and O–H groups in total. The molecule has 0 radical (unpaired) electrons. The summed E-state index contributed by atoms with van der Waals surface area (Å²) in [4.78, 5) is 47.6. The number of primary amides is 2. The third kappa shape index (κ3) is 9.17. The Balaban J connectivity index is 2.78. The second-order valence-electron chi connectivity index (χ2n) is 6.78. The van der Waals surface area contributed by atoms with Crippen LogP contribution in [0.15, 0.2) is 30.3 Å². The summed E-state index contributed by atoms with van der Waals surface area (Å²) in [6, 6.07) is 6.16. The molecule has 10 heteroatoms. The summed E-state index contributed by atoms with van der Waals surface area (Å²) in [6.45, 7) is 0.432. The zero-order valence-corrected chi connectivity index (χ0v) is 16.3. The first-order chi connectivity index (χ1) is 13.7. The maximum atomic E-state index is 12.6. The number of nitrogens with two attached hydrogens (primary N) is 4. The SMILES string of the molecule is NCCCC[C@H](NC(=O)[C@@H](N)Cc1ccccc1)C(=O)N[C@@H](CC(N)=O)C(N)=O. The molecule has 0 saturated carbocycles. The highest BCUT2D eigenvalue weighted by molar-refractivity contribution is 5.94. The van der Waals surface area contributed by atoms with Crippen LogP contribution >= 0.6 is 0 Å². The fraction of sp³-hybridized carbons (Fsp3) is 0.474. The van der Waals surface area contributed by atoms with E-state index in [0.29, 0.717) is 25.8 Å². The third-order valence-corrected chi connectivity index (χ3v) is 4.28. The molecule has 0 aliphatic rings. The quantitative estimate of drug-likeness (QED) is 0.205. The number of carbonyl (C=O) groups is 4. The number of benzene rings is 1. The molecule has 1 aromatic rings. The van der Waals surface area contributed by atoms with Crippen molar-refractivity contribution in [3.63, 3.8) is 0 Å². The molecule has 1 rings (SSSR count). The standard InChI is InChI=1S/C19H30N6O4/c20-9-5-4-8-14(19(29)25-15(17(23)27)11-16(22)26)24-18(28)13(21)10-12-6-2-1-3-7-12/h1-3,6-7,13-15H,4-5,8-11,20-21H2,(H2,22,26)(H2,23,27)(H,24,28)(H,25,29)/t13-,14-,15-/m0/s1. The van der Waals surface area contributed by atoms with Crippen LogP contribution in [0.4, 0.5) is 0 Å². The zero-order valence-electron chi connectivity index (χ0n) is 16.3. The highest BCUT2D eigenvalue weighted by Gasteiger charge is 2.27. The average molecular weight is 406 g/mol. The number of hydrogen-bond donors (Lipinski definition) is 6. The molecule has 0 saturated heterocycles. The van der Waals surface area contributed by atoms with E-state index >= 15 is 0 Å². The molecule has 1 aromatic carbocycles. The van der Waals surface area contributed by atoms with E-state index in [4.69, 9.17) is 22.9 Å². The summed E-state index contributed by atoms with van der Waals surface area (Å²) < 4.78 is 0. The largest absolute Gasteiger partial charge is 0.370 e. The van der Waals surface area contributed by atoms with Crippen molar-refractivity contribution >= 4 is 23.6 Å². The van der Waals surface area contributed by atoms with Gasteiger partial charge in [-0.1, -0.05) is 30.3 Å². The van der Waals surface area contributed by atoms with Gasteiger partial charge in [0.25, 0.3) is 0 Å². The van der Waals surface area contributed by atoms with Crippen LogP contribution in [0.1, 0.15) is 31.2 Å². The number of amides is 4. The van der Waals surface area contributed by atoms with E-state index in [1.807, 2.05) is 30.3 Å². The number of unbranched alkanes of at least 4 members (excludes halogenated alkanes) is 1. The summed E-state index contributed by atoms with van der Waals surface area (Å²) in [5, 5.41) is 4.98. The molecule has 0 fully saturated rings. The fourth-order valence-electron chi connectivity index (χ4n) is 2.70. The predicted molar refractivity (Wildman–Crippen MR) is 108 cm³/mol. The molecule has 0 aliphatic carbocycles. The molecule has 0 heterocycles. The first kappa shape index (κ1) is 24.1. The first-order valence-corrected chi connectivity index (χ1v) is 9.42. The van der Waals surface area contributed by atoms with Crippen LogP contribution < -0.4 is 33.6 Å². The normalized spacial score (nSPS) is 13.7. The molecule has 10 nitrogen and oxygen atoms in total. The van der Waals surface area contributed by atoms with Gasteiger partial charge in [0, 0.05) is 0 Å². The third-order valence-electron chi connectivity index (χ3n) is 4.28. The number of hydrogen-bond acceptors (Lipinski definition) is 6. The lowest BCUT2D eigenvalue weighted by molar-refractivity contribution is -0.133. The fourth-order valence-corrected chi connectivity index (χ4v) is 2.70. The van der Waals surface area contributed by atoms with Crippen LogP contribution in [0.3, 0.4) is 0 Å². The van der Waals surface area contributed by atoms with Gasteiger partial charge in [-0.25, -0.2) is 0 Å². The van der Waals surface area contributed by atoms with Gasteiger partial charge in [-0.15, -0.1) is 0 Å². The van der Waals surface area contributed by atoms with E-state index in [0.717, 1.165) is 5.56 Å². The molecular weight excluding hydrogens is 376 g/mol. The zero-order chi connectivity index (χ0) is 21.8. The molecule has 0 aliphatic heterocycles. The smallest absolute Gasteiger partial charge is 0.243 e. The Labute approximate surface area is 169 Å². The number of rotatable bonds is 13. The van der Waals surface area contributed by atoms with Gasteiger partial charge in [0.05, 0.1) is 12.5 Å². The van der Waals surface area contributed by atoms with Crippen LogP contribution in [0.2, 0.25) is 0 Å². The van der Waals surface area contributed by atoms with Crippen molar-refractivity contribution in [3.8, 4) is 0 Å². The van der Waals surface area contributed by atoms with Gasteiger partial charge in [0.1, 0.15) is 12.1 Å². The van der Waals surface area contributed by atoms with Gasteiger partial charge in [-0.3, -0.25) is 19.2 Å². The van der Waals surface area contributed by atoms with Gasteiger partial charge in [-0.2, -0.15) is 0 Å². The van der Waals surface area contributed by atoms with E-state index in [-0.39, 0.29) is 6.42 Å². The summed E-state index contributed by atoms with van der Waals surface area (Å²) in [7, 11) is 0. The lowest BCUT2D eigenvalue weighted by atomic mass is 10.0. The van der Waals surface area contributed by atoms with Crippen LogP contribution in [-0.2, 0) is 25.6 Å². The molecule has 4 amide bonds. The minimum atomic E-state index is -1.26. The van der Waals surface area contributed by atoms with Crippen LogP contribution in [0.25, 0.3) is 0 Å². The lowest BCUT2D eigenvalue weighted by Gasteiger charge is -2.23. The minimum absolute atomic E-state index is 0.287. The summed E-state index contributed by atoms with van der Waals surface area (Å²) in [5.74, 6) is -2.84. The van der Waals surface area contributed by atoms with E-state index < -0.39 is 48.2 Å². The van der Waals surface area contributed by atoms with Crippen molar-refractivity contribution in [3.05, 3.63) is 35.9 Å². The van der Waals surface area contributed by atoms with Crippen molar-refractivity contribution < 1.29 is 19.2 Å². The van der Waals surface area contributed by atoms with E-state index in [1.54, 1.807) is 0 Å². The van der Waals surface area contributed by atoms with Crippen molar-refractivity contribution in [2.75, 3.05) is 6.54 Å². The Morgan fingerprint density at radius 2 is 1.52 bits per heavy atom. The molecule has 29 heavy (non-hydrogen) atoms. The maximum absolute atomic E-state index is 12.6. The Morgan fingerprint density at radius 1 is 0.897 bits per heavy atom. The average Bonchev–Trinajstić information content (AvgIpc) is 2.66. The van der Waals surface area contributed by atoms with Crippen molar-refractivity contribution in [2.24, 2.45) is 22.9 Å². The topological polar surface area (TPSA) is 196 Å². The van der Waals surface area contributed by atoms with Crippen LogP contribution in [0, 0.1) is 0 Å². The second kappa shape index (κ2) is 12.5. The highest BCUT2D eigenvalue weighted by Crippen LogP contribution is 2.05. The van der Waals surface area contributed by atoms with Gasteiger partial charge >= 0.3 is 0 Å². The summed E-state index contributed by atoms with van der Waals surface area (Å²) in [6.07, 6.45) is 1.37. The molecule has 0 aromatic heterocycles. The number of carbonyl (C=O) groups excluding carboxylic acids is 4. The molecule has 3 atom stereocenters. The Hall–Kier alpha value is -2.98. The van der Waals surface area contributed by atoms with Crippen molar-refractivity contribution in [1.82, 2.24) is 10.6 Å². The Morgan fingerprint density at radius 3 is 2.07 bits per heavy atom. The molecule has 0 bridgehead atoms.